The molecule has 2 rings (SSSR count). The number of aliphatic imine (C=N–C) groups is 1. The van der Waals surface area contributed by atoms with E-state index in [0.717, 1.165) is 5.56 Å². The Labute approximate surface area is 121 Å². The molecule has 21 heavy (non-hydrogen) atoms. The molecule has 0 saturated heterocycles. The lowest BCUT2D eigenvalue weighted by Gasteiger charge is -1.99. The predicted molar refractivity (Wildman–Crippen MR) is 83.7 cm³/mol. The number of amidine groups is 1. The number of rotatable bonds is 4. The second-order valence-electron chi connectivity index (χ2n) is 4.30. The largest absolute Gasteiger partial charge is 0.399 e. The van der Waals surface area contributed by atoms with Gasteiger partial charge in [-0.1, -0.05) is 24.3 Å². The van der Waals surface area contributed by atoms with Gasteiger partial charge in [0.05, 0.1) is 4.92 Å². The van der Waals surface area contributed by atoms with Crippen molar-refractivity contribution in [3.05, 3.63) is 76.0 Å². The molecule has 0 saturated carbocycles. The zero-order chi connectivity index (χ0) is 15.2. The SMILES string of the molecule is NC(=N/C=C/c1ccc(N)cc1)c1cccc([N+](=O)[O-])c1. The topological polar surface area (TPSA) is 108 Å². The number of benzene rings is 2. The maximum Gasteiger partial charge on any atom is 0.270 e. The number of nitro benzene ring substituents is 1. The van der Waals surface area contributed by atoms with Crippen molar-refractivity contribution in [1.29, 1.82) is 0 Å². The van der Waals surface area contributed by atoms with E-state index in [9.17, 15) is 10.1 Å². The van der Waals surface area contributed by atoms with Gasteiger partial charge in [-0.25, -0.2) is 4.99 Å². The van der Waals surface area contributed by atoms with Crippen LogP contribution in [0.25, 0.3) is 6.08 Å². The van der Waals surface area contributed by atoms with E-state index in [4.69, 9.17) is 11.5 Å². The summed E-state index contributed by atoms with van der Waals surface area (Å²) in [6.45, 7) is 0. The summed E-state index contributed by atoms with van der Waals surface area (Å²) >= 11 is 0. The lowest BCUT2D eigenvalue weighted by atomic mass is 10.2. The maximum atomic E-state index is 10.7. The molecule has 4 N–H and O–H groups in total. The summed E-state index contributed by atoms with van der Waals surface area (Å²) in [5.41, 5.74) is 13.5. The fraction of sp³-hybridized carbons (Fsp3) is 0. The van der Waals surface area contributed by atoms with Crippen LogP contribution in [0.3, 0.4) is 0 Å². The first-order valence-electron chi connectivity index (χ1n) is 6.16. The van der Waals surface area contributed by atoms with Crippen molar-refractivity contribution < 1.29 is 4.92 Å². The van der Waals surface area contributed by atoms with E-state index in [-0.39, 0.29) is 11.5 Å². The Hall–Kier alpha value is -3.15. The molecule has 0 aromatic heterocycles. The zero-order valence-electron chi connectivity index (χ0n) is 11.1. The summed E-state index contributed by atoms with van der Waals surface area (Å²) in [7, 11) is 0. The number of anilines is 1. The Morgan fingerprint density at radius 1 is 1.19 bits per heavy atom. The zero-order valence-corrected chi connectivity index (χ0v) is 11.1. The van der Waals surface area contributed by atoms with E-state index >= 15 is 0 Å². The second kappa shape index (κ2) is 6.33. The molecule has 6 nitrogen and oxygen atoms in total. The highest BCUT2D eigenvalue weighted by Crippen LogP contribution is 2.13. The third kappa shape index (κ3) is 3.90. The van der Waals surface area contributed by atoms with Crippen LogP contribution in [0.1, 0.15) is 11.1 Å². The standard InChI is InChI=1S/C15H14N4O2/c16-13-6-4-11(5-7-13)8-9-18-15(17)12-2-1-3-14(10-12)19(20)21/h1-10H,16H2,(H2,17,18)/b9-8+. The Morgan fingerprint density at radius 2 is 1.90 bits per heavy atom. The highest BCUT2D eigenvalue weighted by atomic mass is 16.6. The van der Waals surface area contributed by atoms with Gasteiger partial charge in [-0.3, -0.25) is 10.1 Å². The van der Waals surface area contributed by atoms with Crippen molar-refractivity contribution in [2.45, 2.75) is 0 Å². The predicted octanol–water partition coefficient (Wildman–Crippen LogP) is 2.55. The Kier molecular flexibility index (Phi) is 4.30. The Morgan fingerprint density at radius 3 is 2.57 bits per heavy atom. The van der Waals surface area contributed by atoms with Gasteiger partial charge in [-0.2, -0.15) is 0 Å². The molecule has 106 valence electrons. The molecule has 2 aromatic carbocycles. The lowest BCUT2D eigenvalue weighted by molar-refractivity contribution is -0.384. The van der Waals surface area contributed by atoms with Crippen LogP contribution in [0.2, 0.25) is 0 Å². The first-order chi connectivity index (χ1) is 10.1. The van der Waals surface area contributed by atoms with Crippen molar-refractivity contribution in [3.63, 3.8) is 0 Å². The van der Waals surface area contributed by atoms with E-state index in [1.807, 2.05) is 12.1 Å². The van der Waals surface area contributed by atoms with Crippen molar-refractivity contribution in [2.24, 2.45) is 10.7 Å². The number of nitrogens with zero attached hydrogens (tertiary/aromatic N) is 2. The van der Waals surface area contributed by atoms with Crippen LogP contribution in [0.4, 0.5) is 11.4 Å². The molecule has 0 aliphatic heterocycles. The molecule has 0 bridgehead atoms. The van der Waals surface area contributed by atoms with Crippen LogP contribution in [-0.2, 0) is 0 Å². The van der Waals surface area contributed by atoms with E-state index in [0.29, 0.717) is 11.3 Å². The summed E-state index contributed by atoms with van der Waals surface area (Å²) < 4.78 is 0. The molecular formula is C15H14N4O2. The maximum absolute atomic E-state index is 10.7. The molecule has 0 heterocycles. The summed E-state index contributed by atoms with van der Waals surface area (Å²) in [4.78, 5) is 14.3. The molecule has 0 unspecified atom stereocenters. The monoisotopic (exact) mass is 282 g/mol. The molecule has 0 amide bonds. The van der Waals surface area contributed by atoms with Gasteiger partial charge in [0.2, 0.25) is 0 Å². The van der Waals surface area contributed by atoms with Crippen molar-refractivity contribution in [2.75, 3.05) is 5.73 Å². The van der Waals surface area contributed by atoms with Gasteiger partial charge in [-0.15, -0.1) is 0 Å². The fourth-order valence-electron chi connectivity index (χ4n) is 1.66. The van der Waals surface area contributed by atoms with Crippen LogP contribution in [0.15, 0.2) is 59.7 Å². The highest BCUT2D eigenvalue weighted by molar-refractivity contribution is 5.98. The smallest absolute Gasteiger partial charge is 0.270 e. The molecule has 0 radical (unpaired) electrons. The second-order valence-corrected chi connectivity index (χ2v) is 4.30. The average Bonchev–Trinajstić information content (AvgIpc) is 2.49. The van der Waals surface area contributed by atoms with E-state index < -0.39 is 4.92 Å². The number of nitrogens with two attached hydrogens (primary N) is 2. The minimum atomic E-state index is -0.471. The normalized spacial score (nSPS) is 11.7. The molecule has 0 atom stereocenters. The number of nitrogen functional groups attached to an aromatic ring is 1. The number of hydrogen-bond donors (Lipinski definition) is 2. The van der Waals surface area contributed by atoms with Crippen LogP contribution in [0, 0.1) is 10.1 Å². The Bertz CT molecular complexity index is 706. The number of hydrogen-bond acceptors (Lipinski definition) is 4. The molecule has 0 aliphatic carbocycles. The summed E-state index contributed by atoms with van der Waals surface area (Å²) in [5.74, 6) is 0.213. The van der Waals surface area contributed by atoms with Crippen molar-refractivity contribution in [3.8, 4) is 0 Å². The molecule has 0 aliphatic rings. The fourth-order valence-corrected chi connectivity index (χ4v) is 1.66. The third-order valence-electron chi connectivity index (χ3n) is 2.77. The third-order valence-corrected chi connectivity index (χ3v) is 2.77. The number of non-ortho nitro benzene ring substituents is 1. The highest BCUT2D eigenvalue weighted by Gasteiger charge is 2.07. The van der Waals surface area contributed by atoms with Gasteiger partial charge >= 0.3 is 0 Å². The van der Waals surface area contributed by atoms with Gasteiger partial charge in [0.15, 0.2) is 0 Å². The summed E-state index contributed by atoms with van der Waals surface area (Å²) in [6, 6.07) is 13.3. The van der Waals surface area contributed by atoms with Gasteiger partial charge in [0.25, 0.3) is 5.69 Å². The lowest BCUT2D eigenvalue weighted by Crippen LogP contribution is -2.12. The van der Waals surface area contributed by atoms with Gasteiger partial charge in [0, 0.05) is 29.6 Å². The molecule has 2 aromatic rings. The average molecular weight is 282 g/mol. The van der Waals surface area contributed by atoms with Gasteiger partial charge in [-0.05, 0) is 23.8 Å². The first kappa shape index (κ1) is 14.3. The van der Waals surface area contributed by atoms with E-state index in [2.05, 4.69) is 4.99 Å². The van der Waals surface area contributed by atoms with Crippen LogP contribution >= 0.6 is 0 Å². The molecular weight excluding hydrogens is 268 g/mol. The van der Waals surface area contributed by atoms with E-state index in [1.165, 1.54) is 12.1 Å². The minimum Gasteiger partial charge on any atom is -0.399 e. The van der Waals surface area contributed by atoms with Crippen LogP contribution in [0.5, 0.6) is 0 Å². The quantitative estimate of drug-likeness (QED) is 0.295. The van der Waals surface area contributed by atoms with E-state index in [1.54, 1.807) is 36.5 Å². The molecule has 6 heteroatoms. The summed E-state index contributed by atoms with van der Waals surface area (Å²) in [6.07, 6.45) is 3.31. The molecule has 0 spiro atoms. The van der Waals surface area contributed by atoms with Gasteiger partial charge < -0.3 is 11.5 Å². The van der Waals surface area contributed by atoms with Crippen LogP contribution in [-0.4, -0.2) is 10.8 Å². The molecule has 0 fully saturated rings. The summed E-state index contributed by atoms with van der Waals surface area (Å²) in [5, 5.41) is 10.7. The van der Waals surface area contributed by atoms with Gasteiger partial charge in [0.1, 0.15) is 5.84 Å². The first-order valence-corrected chi connectivity index (χ1v) is 6.16. The van der Waals surface area contributed by atoms with Crippen molar-refractivity contribution in [1.82, 2.24) is 0 Å². The Balaban J connectivity index is 2.15. The van der Waals surface area contributed by atoms with Crippen LogP contribution < -0.4 is 11.5 Å². The minimum absolute atomic E-state index is 0.0202. The number of nitro groups is 1. The van der Waals surface area contributed by atoms with Crippen molar-refractivity contribution >= 4 is 23.3 Å².